The lowest BCUT2D eigenvalue weighted by molar-refractivity contribution is 0.580. The number of nitrogens with one attached hydrogen (secondary N) is 1. The van der Waals surface area contributed by atoms with Gasteiger partial charge >= 0.3 is 0 Å². The van der Waals surface area contributed by atoms with Crippen molar-refractivity contribution in [1.82, 2.24) is 4.98 Å². The molecule has 0 amide bonds. The van der Waals surface area contributed by atoms with Crippen LogP contribution >= 0.6 is 11.6 Å². The molecule has 0 aliphatic carbocycles. The Morgan fingerprint density at radius 3 is 2.95 bits per heavy atom. The molecule has 3 N–H and O–H groups in total. The molecule has 0 fully saturated rings. The van der Waals surface area contributed by atoms with Crippen molar-refractivity contribution in [3.05, 3.63) is 47.5 Å². The number of pyridine rings is 1. The summed E-state index contributed by atoms with van der Waals surface area (Å²) < 4.78 is 18.5. The number of aromatic nitrogens is 1. The number of hydrogen-bond donors (Lipinski definition) is 2. The van der Waals surface area contributed by atoms with Gasteiger partial charge in [-0.05, 0) is 18.2 Å². The molecule has 0 aliphatic rings. The smallest absolute Gasteiger partial charge is 0.215 e. The second-order valence-corrected chi connectivity index (χ2v) is 4.42. The lowest BCUT2D eigenvalue weighted by Gasteiger charge is -2.05. The molecule has 2 aromatic heterocycles. The Bertz CT molecular complexity index is 757. The average Bonchev–Trinajstić information content (AvgIpc) is 2.66. The van der Waals surface area contributed by atoms with Crippen molar-refractivity contribution in [2.45, 2.75) is 0 Å². The first-order valence-electron chi connectivity index (χ1n) is 5.49. The predicted octanol–water partition coefficient (Wildman–Crippen LogP) is 3.95. The Labute approximate surface area is 113 Å². The molecule has 19 heavy (non-hydrogen) atoms. The zero-order chi connectivity index (χ0) is 13.4. The molecule has 0 bridgehead atoms. The van der Waals surface area contributed by atoms with Gasteiger partial charge in [-0.2, -0.15) is 4.39 Å². The Kier molecular flexibility index (Phi) is 2.76. The molecule has 3 aromatic rings. The van der Waals surface area contributed by atoms with Crippen molar-refractivity contribution in [1.29, 1.82) is 0 Å². The second kappa shape index (κ2) is 4.44. The Morgan fingerprint density at radius 2 is 2.16 bits per heavy atom. The van der Waals surface area contributed by atoms with Crippen LogP contribution in [0.25, 0.3) is 11.0 Å². The van der Waals surface area contributed by atoms with Crippen LogP contribution in [-0.4, -0.2) is 4.98 Å². The molecule has 96 valence electrons. The van der Waals surface area contributed by atoms with Crippen LogP contribution in [0.4, 0.5) is 21.6 Å². The monoisotopic (exact) mass is 277 g/mol. The number of rotatable bonds is 2. The zero-order valence-corrected chi connectivity index (χ0v) is 10.4. The van der Waals surface area contributed by atoms with Gasteiger partial charge in [0.05, 0.1) is 11.6 Å². The van der Waals surface area contributed by atoms with Crippen molar-refractivity contribution in [3.63, 3.8) is 0 Å². The van der Waals surface area contributed by atoms with Gasteiger partial charge in [0.15, 0.2) is 5.58 Å². The van der Waals surface area contributed by atoms with Gasteiger partial charge in [-0.1, -0.05) is 17.7 Å². The molecule has 0 spiro atoms. The fraction of sp³-hybridized carbons (Fsp3) is 0. The third-order valence-electron chi connectivity index (χ3n) is 2.66. The first-order valence-corrected chi connectivity index (χ1v) is 5.87. The van der Waals surface area contributed by atoms with Crippen LogP contribution in [0, 0.1) is 5.95 Å². The Balaban J connectivity index is 2.09. The van der Waals surface area contributed by atoms with Crippen LogP contribution in [0.2, 0.25) is 5.02 Å². The van der Waals surface area contributed by atoms with Crippen molar-refractivity contribution in [2.75, 3.05) is 11.1 Å². The number of halogens is 2. The maximum atomic E-state index is 13.2. The molecule has 0 unspecified atom stereocenters. The highest BCUT2D eigenvalue weighted by Gasteiger charge is 2.13. The number of hydrogen-bond acceptors (Lipinski definition) is 4. The quantitative estimate of drug-likeness (QED) is 0.696. The van der Waals surface area contributed by atoms with Gasteiger partial charge in [0.2, 0.25) is 11.8 Å². The maximum absolute atomic E-state index is 13.2. The van der Waals surface area contributed by atoms with E-state index in [1.807, 2.05) is 6.07 Å². The number of nitrogens with two attached hydrogens (primary N) is 1. The summed E-state index contributed by atoms with van der Waals surface area (Å²) in [6.45, 7) is 0. The molecule has 6 heteroatoms. The second-order valence-electron chi connectivity index (χ2n) is 3.98. The predicted molar refractivity (Wildman–Crippen MR) is 73.1 cm³/mol. The molecule has 0 atom stereocenters. The number of benzene rings is 1. The van der Waals surface area contributed by atoms with Gasteiger partial charge in [-0.3, -0.25) is 0 Å². The number of nitrogen functional groups attached to an aromatic ring is 1. The Hall–Kier alpha value is -2.27. The van der Waals surface area contributed by atoms with Crippen molar-refractivity contribution in [3.8, 4) is 0 Å². The maximum Gasteiger partial charge on any atom is 0.215 e. The highest BCUT2D eigenvalue weighted by molar-refractivity contribution is 6.30. The van der Waals surface area contributed by atoms with E-state index in [1.54, 1.807) is 18.2 Å². The van der Waals surface area contributed by atoms with Crippen LogP contribution in [0.5, 0.6) is 0 Å². The molecule has 0 saturated carbocycles. The summed E-state index contributed by atoms with van der Waals surface area (Å²) in [6, 6.07) is 8.37. The fourth-order valence-corrected chi connectivity index (χ4v) is 2.03. The van der Waals surface area contributed by atoms with E-state index < -0.39 is 5.95 Å². The van der Waals surface area contributed by atoms with Crippen LogP contribution in [-0.2, 0) is 0 Å². The first kappa shape index (κ1) is 11.8. The van der Waals surface area contributed by atoms with Crippen molar-refractivity contribution in [2.24, 2.45) is 0 Å². The third-order valence-corrected chi connectivity index (χ3v) is 2.90. The first-order chi connectivity index (χ1) is 9.13. The van der Waals surface area contributed by atoms with Gasteiger partial charge in [-0.25, -0.2) is 4.98 Å². The minimum atomic E-state index is -0.595. The highest BCUT2D eigenvalue weighted by atomic mass is 35.5. The SMILES string of the molecule is Nc1oc2cnc(F)cc2c1Nc1cccc(Cl)c1. The summed E-state index contributed by atoms with van der Waals surface area (Å²) in [4.78, 5) is 3.52. The minimum absolute atomic E-state index is 0.169. The van der Waals surface area contributed by atoms with Crippen molar-refractivity contribution >= 4 is 39.8 Å². The summed E-state index contributed by atoms with van der Waals surface area (Å²) in [5, 5.41) is 4.19. The van der Waals surface area contributed by atoms with Gasteiger partial charge in [0.1, 0.15) is 5.69 Å². The molecule has 4 nitrogen and oxygen atoms in total. The molecule has 0 aliphatic heterocycles. The number of fused-ring (bicyclic) bond motifs is 1. The highest BCUT2D eigenvalue weighted by Crippen LogP contribution is 2.35. The molecular formula is C13H9ClFN3O. The molecule has 1 aromatic carbocycles. The zero-order valence-electron chi connectivity index (χ0n) is 9.65. The van der Waals surface area contributed by atoms with Gasteiger partial charge < -0.3 is 15.5 Å². The topological polar surface area (TPSA) is 64.1 Å². The summed E-state index contributed by atoms with van der Waals surface area (Å²) in [7, 11) is 0. The minimum Gasteiger partial charge on any atom is -0.437 e. The normalized spacial score (nSPS) is 10.8. The molecule has 0 saturated heterocycles. The number of nitrogens with zero attached hydrogens (tertiary/aromatic N) is 1. The summed E-state index contributed by atoms with van der Waals surface area (Å²) in [5.74, 6) is -0.426. The van der Waals surface area contributed by atoms with Crippen LogP contribution in [0.1, 0.15) is 0 Å². The molecular weight excluding hydrogens is 269 g/mol. The van der Waals surface area contributed by atoms with E-state index in [0.29, 0.717) is 21.7 Å². The Morgan fingerprint density at radius 1 is 1.32 bits per heavy atom. The van der Waals surface area contributed by atoms with Crippen LogP contribution in [0.3, 0.4) is 0 Å². The van der Waals surface area contributed by atoms with E-state index in [2.05, 4.69) is 10.3 Å². The lowest BCUT2D eigenvalue weighted by Crippen LogP contribution is -1.93. The van der Waals surface area contributed by atoms with E-state index >= 15 is 0 Å². The average molecular weight is 278 g/mol. The van der Waals surface area contributed by atoms with Gasteiger partial charge in [0.25, 0.3) is 0 Å². The summed E-state index contributed by atoms with van der Waals surface area (Å²) >= 11 is 5.90. The van der Waals surface area contributed by atoms with E-state index in [4.69, 9.17) is 21.8 Å². The number of furan rings is 1. The standard InChI is InChI=1S/C13H9ClFN3O/c14-7-2-1-3-8(4-7)18-12-9-5-11(15)17-6-10(9)19-13(12)16/h1-6,18H,16H2. The van der Waals surface area contributed by atoms with Crippen LogP contribution < -0.4 is 11.1 Å². The van der Waals surface area contributed by atoms with Gasteiger partial charge in [0, 0.05) is 16.8 Å². The van der Waals surface area contributed by atoms with E-state index in [-0.39, 0.29) is 5.88 Å². The van der Waals surface area contributed by atoms with E-state index in [1.165, 1.54) is 12.3 Å². The number of anilines is 3. The van der Waals surface area contributed by atoms with E-state index in [0.717, 1.165) is 5.69 Å². The fourth-order valence-electron chi connectivity index (χ4n) is 1.84. The summed E-state index contributed by atoms with van der Waals surface area (Å²) in [5.41, 5.74) is 7.43. The molecule has 0 radical (unpaired) electrons. The lowest BCUT2D eigenvalue weighted by atomic mass is 10.2. The third kappa shape index (κ3) is 2.20. The van der Waals surface area contributed by atoms with E-state index in [9.17, 15) is 4.39 Å². The van der Waals surface area contributed by atoms with Crippen LogP contribution in [0.15, 0.2) is 40.9 Å². The molecule has 3 rings (SSSR count). The van der Waals surface area contributed by atoms with Crippen molar-refractivity contribution < 1.29 is 8.81 Å². The molecule has 2 heterocycles. The largest absolute Gasteiger partial charge is 0.437 e. The summed E-state index contributed by atoms with van der Waals surface area (Å²) in [6.07, 6.45) is 1.30. The van der Waals surface area contributed by atoms with Gasteiger partial charge in [-0.15, -0.1) is 0 Å².